The first-order valence-corrected chi connectivity index (χ1v) is 9.77. The van der Waals surface area contributed by atoms with Crippen LogP contribution >= 0.6 is 0 Å². The fourth-order valence-corrected chi connectivity index (χ4v) is 4.54. The van der Waals surface area contributed by atoms with Gasteiger partial charge in [0.2, 0.25) is 0 Å². The summed E-state index contributed by atoms with van der Waals surface area (Å²) >= 11 is 0. The highest BCUT2D eigenvalue weighted by Crippen LogP contribution is 2.21. The monoisotopic (exact) mass is 371 g/mol. The summed E-state index contributed by atoms with van der Waals surface area (Å²) in [6.45, 7) is 0. The zero-order chi connectivity index (χ0) is 18.7. The summed E-state index contributed by atoms with van der Waals surface area (Å²) in [6, 6.07) is 8.53. The molecule has 1 atom stereocenters. The molecule has 1 unspecified atom stereocenters. The maximum atomic E-state index is 12.3. The fraction of sp³-hybridized carbons (Fsp3) is 0.294. The van der Waals surface area contributed by atoms with Gasteiger partial charge in [-0.1, -0.05) is 12.1 Å². The number of hydrogen-bond donors (Lipinski definition) is 1. The molecule has 8 nitrogen and oxygen atoms in total. The molecule has 1 N–H and O–H groups in total. The molecule has 1 aliphatic rings. The van der Waals surface area contributed by atoms with Crippen molar-refractivity contribution in [1.29, 1.82) is 5.26 Å². The molecule has 0 spiro atoms. The Hall–Kier alpha value is -2.99. The number of amides is 1. The molecule has 2 heterocycles. The summed E-state index contributed by atoms with van der Waals surface area (Å²) < 4.78 is 23.2. The molecule has 1 aliphatic heterocycles. The van der Waals surface area contributed by atoms with E-state index in [0.29, 0.717) is 23.5 Å². The van der Waals surface area contributed by atoms with Gasteiger partial charge in [0.15, 0.2) is 9.84 Å². The van der Waals surface area contributed by atoms with Gasteiger partial charge in [-0.25, -0.2) is 18.4 Å². The second kappa shape index (κ2) is 7.09. The highest BCUT2D eigenvalue weighted by Gasteiger charge is 2.31. The van der Waals surface area contributed by atoms with Crippen molar-refractivity contribution in [2.24, 2.45) is 0 Å². The predicted octanol–water partition coefficient (Wildman–Crippen LogP) is 1.22. The topological polar surface area (TPSA) is 116 Å². The molecule has 26 heavy (non-hydrogen) atoms. The average molecular weight is 371 g/mol. The lowest BCUT2D eigenvalue weighted by Crippen LogP contribution is -2.33. The smallest absolute Gasteiger partial charge is 0.275 e. The van der Waals surface area contributed by atoms with Crippen molar-refractivity contribution in [2.75, 3.05) is 28.8 Å². The van der Waals surface area contributed by atoms with Crippen LogP contribution in [0.4, 0.5) is 11.5 Å². The van der Waals surface area contributed by atoms with Crippen LogP contribution in [0.1, 0.15) is 22.5 Å². The second-order valence-corrected chi connectivity index (χ2v) is 8.27. The molecule has 0 bridgehead atoms. The number of hydrogen-bond acceptors (Lipinski definition) is 7. The fourth-order valence-electron chi connectivity index (χ4n) is 2.76. The van der Waals surface area contributed by atoms with Crippen molar-refractivity contribution in [1.82, 2.24) is 9.97 Å². The van der Waals surface area contributed by atoms with Gasteiger partial charge in [-0.05, 0) is 18.6 Å². The number of benzene rings is 1. The van der Waals surface area contributed by atoms with Crippen molar-refractivity contribution in [2.45, 2.75) is 12.5 Å². The SMILES string of the molecule is CN(c1cnc(C(=O)Nc2ccccc2C#N)cn1)C1CCS(=O)(=O)C1. The number of carbonyl (C=O) groups is 1. The van der Waals surface area contributed by atoms with Gasteiger partial charge < -0.3 is 10.2 Å². The lowest BCUT2D eigenvalue weighted by atomic mass is 10.2. The molecule has 9 heteroatoms. The van der Waals surface area contributed by atoms with Gasteiger partial charge in [0.05, 0.1) is 35.2 Å². The Morgan fingerprint density at radius 1 is 1.31 bits per heavy atom. The van der Waals surface area contributed by atoms with Crippen molar-refractivity contribution in [3.8, 4) is 6.07 Å². The maximum absolute atomic E-state index is 12.3. The van der Waals surface area contributed by atoms with Crippen LogP contribution in [-0.4, -0.2) is 48.9 Å². The summed E-state index contributed by atoms with van der Waals surface area (Å²) in [4.78, 5) is 22.4. The number of rotatable bonds is 4. The minimum absolute atomic E-state index is 0.0956. The first-order valence-electron chi connectivity index (χ1n) is 7.95. The highest BCUT2D eigenvalue weighted by atomic mass is 32.2. The normalized spacial score (nSPS) is 18.1. The van der Waals surface area contributed by atoms with Gasteiger partial charge in [-0.15, -0.1) is 0 Å². The first kappa shape index (κ1) is 17.8. The van der Waals surface area contributed by atoms with E-state index in [0.717, 1.165) is 0 Å². The van der Waals surface area contributed by atoms with Gasteiger partial charge in [-0.3, -0.25) is 4.79 Å². The van der Waals surface area contributed by atoms with E-state index in [9.17, 15) is 13.2 Å². The van der Waals surface area contributed by atoms with E-state index in [4.69, 9.17) is 5.26 Å². The maximum Gasteiger partial charge on any atom is 0.275 e. The molecule has 0 aliphatic carbocycles. The summed E-state index contributed by atoms with van der Waals surface area (Å²) in [6.07, 6.45) is 3.32. The summed E-state index contributed by atoms with van der Waals surface area (Å²) in [7, 11) is -1.23. The number of nitrogens with one attached hydrogen (secondary N) is 1. The quantitative estimate of drug-likeness (QED) is 0.859. The van der Waals surface area contributed by atoms with Crippen LogP contribution < -0.4 is 10.2 Å². The van der Waals surface area contributed by atoms with E-state index in [1.807, 2.05) is 6.07 Å². The van der Waals surface area contributed by atoms with Gasteiger partial charge in [0.1, 0.15) is 17.6 Å². The first-order chi connectivity index (χ1) is 12.4. The predicted molar refractivity (Wildman–Crippen MR) is 96.6 cm³/mol. The lowest BCUT2D eigenvalue weighted by molar-refractivity contribution is 0.102. The molecule has 3 rings (SSSR count). The minimum atomic E-state index is -2.99. The average Bonchev–Trinajstić information content (AvgIpc) is 3.01. The number of anilines is 2. The van der Waals surface area contributed by atoms with Crippen LogP contribution in [0.5, 0.6) is 0 Å². The van der Waals surface area contributed by atoms with E-state index in [2.05, 4.69) is 15.3 Å². The van der Waals surface area contributed by atoms with Crippen molar-refractivity contribution < 1.29 is 13.2 Å². The standard InChI is InChI=1S/C17H17N5O3S/c1-22(13-6-7-26(24,25)11-13)16-10-19-15(9-20-16)17(23)21-14-5-3-2-4-12(14)8-18/h2-5,9-10,13H,6-7,11H2,1H3,(H,21,23). The summed E-state index contributed by atoms with van der Waals surface area (Å²) in [5.41, 5.74) is 0.862. The molecular formula is C17H17N5O3S. The molecule has 1 fully saturated rings. The molecule has 0 radical (unpaired) electrons. The Morgan fingerprint density at radius 3 is 2.69 bits per heavy atom. The Morgan fingerprint density at radius 2 is 2.08 bits per heavy atom. The van der Waals surface area contributed by atoms with Crippen LogP contribution in [0.15, 0.2) is 36.7 Å². The summed E-state index contributed by atoms with van der Waals surface area (Å²) in [5.74, 6) is 0.297. The van der Waals surface area contributed by atoms with Gasteiger partial charge in [-0.2, -0.15) is 5.26 Å². The number of sulfone groups is 1. The minimum Gasteiger partial charge on any atom is -0.354 e. The zero-order valence-electron chi connectivity index (χ0n) is 14.1. The molecule has 1 aromatic heterocycles. The van der Waals surface area contributed by atoms with Crippen LogP contribution in [0, 0.1) is 11.3 Å². The molecule has 0 saturated carbocycles. The Kier molecular flexibility index (Phi) is 4.86. The van der Waals surface area contributed by atoms with Gasteiger partial charge >= 0.3 is 0 Å². The van der Waals surface area contributed by atoms with Crippen LogP contribution in [0.2, 0.25) is 0 Å². The lowest BCUT2D eigenvalue weighted by Gasteiger charge is -2.24. The molecule has 1 aromatic carbocycles. The second-order valence-electron chi connectivity index (χ2n) is 6.04. The van der Waals surface area contributed by atoms with Crippen molar-refractivity contribution in [3.63, 3.8) is 0 Å². The van der Waals surface area contributed by atoms with Crippen molar-refractivity contribution in [3.05, 3.63) is 47.9 Å². The number of para-hydroxylation sites is 1. The van der Waals surface area contributed by atoms with Gasteiger partial charge in [0, 0.05) is 13.1 Å². The number of carbonyl (C=O) groups excluding carboxylic acids is 1. The number of nitriles is 1. The van der Waals surface area contributed by atoms with E-state index >= 15 is 0 Å². The van der Waals surface area contributed by atoms with E-state index in [1.165, 1.54) is 12.4 Å². The van der Waals surface area contributed by atoms with Gasteiger partial charge in [0.25, 0.3) is 5.91 Å². The van der Waals surface area contributed by atoms with Crippen molar-refractivity contribution >= 4 is 27.2 Å². The molecular weight excluding hydrogens is 354 g/mol. The summed E-state index contributed by atoms with van der Waals surface area (Å²) in [5, 5.41) is 11.7. The molecule has 134 valence electrons. The number of aromatic nitrogens is 2. The third kappa shape index (κ3) is 3.81. The third-order valence-corrected chi connectivity index (χ3v) is 6.03. The van der Waals surface area contributed by atoms with Crippen LogP contribution in [-0.2, 0) is 9.84 Å². The highest BCUT2D eigenvalue weighted by molar-refractivity contribution is 7.91. The van der Waals surface area contributed by atoms with E-state index < -0.39 is 15.7 Å². The Labute approximate surface area is 151 Å². The third-order valence-electron chi connectivity index (χ3n) is 4.28. The largest absolute Gasteiger partial charge is 0.354 e. The van der Waals surface area contributed by atoms with E-state index in [1.54, 1.807) is 36.2 Å². The Bertz CT molecular complexity index is 967. The number of nitrogens with zero attached hydrogens (tertiary/aromatic N) is 4. The zero-order valence-corrected chi connectivity index (χ0v) is 14.9. The Balaban J connectivity index is 1.71. The molecule has 1 saturated heterocycles. The van der Waals surface area contributed by atoms with Crippen LogP contribution in [0.25, 0.3) is 0 Å². The van der Waals surface area contributed by atoms with E-state index in [-0.39, 0.29) is 23.2 Å². The van der Waals surface area contributed by atoms with Crippen LogP contribution in [0.3, 0.4) is 0 Å². The molecule has 1 amide bonds. The molecule has 2 aromatic rings.